The quantitative estimate of drug-likeness (QED) is 0.671. The van der Waals surface area contributed by atoms with Crippen LogP contribution < -0.4 is 5.56 Å². The Morgan fingerprint density at radius 3 is 2.74 bits per heavy atom. The molecule has 0 saturated heterocycles. The number of aromatic amines is 2. The average molecular weight is 321 g/mol. The molecule has 2 heterocycles. The Morgan fingerprint density at radius 1 is 1.30 bits per heavy atom. The molecule has 1 aliphatic rings. The monoisotopic (exact) mass is 321 g/mol. The van der Waals surface area contributed by atoms with Crippen molar-refractivity contribution in [1.82, 2.24) is 15.0 Å². The van der Waals surface area contributed by atoms with Gasteiger partial charge in [-0.2, -0.15) is 0 Å². The van der Waals surface area contributed by atoms with Crippen molar-refractivity contribution >= 4 is 11.0 Å². The van der Waals surface area contributed by atoms with Crippen LogP contribution in [0.25, 0.3) is 11.0 Å². The fraction of sp³-hybridized carbons (Fsp3) is 0.625. The molecule has 23 heavy (non-hydrogen) atoms. The lowest BCUT2D eigenvalue weighted by Gasteiger charge is -2.24. The second-order valence-electron chi connectivity index (χ2n) is 7.21. The zero-order valence-electron chi connectivity index (χ0n) is 13.5. The molecule has 0 spiro atoms. The van der Waals surface area contributed by atoms with E-state index in [1.54, 1.807) is 6.20 Å². The van der Waals surface area contributed by atoms with Crippen molar-refractivity contribution in [2.75, 3.05) is 6.61 Å². The van der Waals surface area contributed by atoms with Crippen LogP contribution in [0.3, 0.4) is 0 Å². The van der Waals surface area contributed by atoms with Crippen LogP contribution in [0.5, 0.6) is 0 Å². The number of ether oxygens (including phenoxy) is 1. The number of H-pyrrole nitrogens is 2. The molecule has 1 fully saturated rings. The van der Waals surface area contributed by atoms with E-state index in [-0.39, 0.29) is 23.0 Å². The molecule has 7 nitrogen and oxygen atoms in total. The number of nitrogens with zero attached hydrogens (tertiary/aromatic N) is 1. The molecule has 4 atom stereocenters. The fourth-order valence-corrected chi connectivity index (χ4v) is 3.21. The molecule has 0 aliphatic heterocycles. The first-order valence-corrected chi connectivity index (χ1v) is 7.82. The van der Waals surface area contributed by atoms with Crippen molar-refractivity contribution in [1.29, 1.82) is 0 Å². The first-order chi connectivity index (χ1) is 10.8. The van der Waals surface area contributed by atoms with Gasteiger partial charge in [-0.1, -0.05) is 0 Å². The topological polar surface area (TPSA) is 111 Å². The fourth-order valence-electron chi connectivity index (χ4n) is 3.21. The van der Waals surface area contributed by atoms with Gasteiger partial charge in [0.15, 0.2) is 0 Å². The van der Waals surface area contributed by atoms with Crippen LogP contribution in [0.4, 0.5) is 0 Å². The molecular formula is C16H23N3O4. The summed E-state index contributed by atoms with van der Waals surface area (Å²) in [7, 11) is 0. The molecule has 3 rings (SSSR count). The molecule has 126 valence electrons. The Balaban J connectivity index is 1.85. The van der Waals surface area contributed by atoms with Gasteiger partial charge in [0.2, 0.25) is 0 Å². The molecular weight excluding hydrogens is 298 g/mol. The van der Waals surface area contributed by atoms with Gasteiger partial charge in [0, 0.05) is 23.6 Å². The van der Waals surface area contributed by atoms with E-state index in [0.717, 1.165) is 5.56 Å². The highest BCUT2D eigenvalue weighted by atomic mass is 16.5. The molecule has 1 saturated carbocycles. The van der Waals surface area contributed by atoms with Crippen LogP contribution in [0.2, 0.25) is 0 Å². The lowest BCUT2D eigenvalue weighted by atomic mass is 9.96. The third kappa shape index (κ3) is 3.04. The van der Waals surface area contributed by atoms with Gasteiger partial charge in [0.05, 0.1) is 36.3 Å². The standard InChI is InChI=1S/C16H23N3O4/c1-16(2,3)23-6-8-4-9(14(21)13(8)20)10-5-17-12-11(10)18-7-19-15(12)22/h5,7-9,13-14,17,20-21H,4,6H2,1-3H3,(H,18,19,22)/t8-,9+,13-,14+/m1/s1. The van der Waals surface area contributed by atoms with Crippen molar-refractivity contribution < 1.29 is 14.9 Å². The average Bonchev–Trinajstić information content (AvgIpc) is 3.01. The van der Waals surface area contributed by atoms with E-state index in [2.05, 4.69) is 15.0 Å². The Bertz CT molecular complexity index is 746. The Hall–Kier alpha value is -1.70. The minimum absolute atomic E-state index is 0.152. The van der Waals surface area contributed by atoms with Crippen LogP contribution in [0.15, 0.2) is 17.3 Å². The minimum Gasteiger partial charge on any atom is -0.390 e. The van der Waals surface area contributed by atoms with E-state index in [1.807, 2.05) is 20.8 Å². The van der Waals surface area contributed by atoms with Gasteiger partial charge in [0.1, 0.15) is 5.52 Å². The van der Waals surface area contributed by atoms with Gasteiger partial charge in [-0.3, -0.25) is 4.79 Å². The number of nitrogens with one attached hydrogen (secondary N) is 2. The van der Waals surface area contributed by atoms with E-state index in [1.165, 1.54) is 6.33 Å². The maximum Gasteiger partial charge on any atom is 0.275 e. The second kappa shape index (κ2) is 5.74. The van der Waals surface area contributed by atoms with Crippen LogP contribution >= 0.6 is 0 Å². The summed E-state index contributed by atoms with van der Waals surface area (Å²) in [5.74, 6) is -0.428. The SMILES string of the molecule is CC(C)(C)OC[C@H]1C[C@@H](c2c[nH]c3c(=O)[nH]cnc23)[C@H](O)[C@@H]1O. The molecule has 1 aliphatic carbocycles. The summed E-state index contributed by atoms with van der Waals surface area (Å²) in [5.41, 5.74) is 1.15. The molecule has 2 aromatic heterocycles. The lowest BCUT2D eigenvalue weighted by molar-refractivity contribution is -0.0561. The highest BCUT2D eigenvalue weighted by molar-refractivity contribution is 5.78. The van der Waals surface area contributed by atoms with Crippen molar-refractivity contribution in [2.24, 2.45) is 5.92 Å². The van der Waals surface area contributed by atoms with Gasteiger partial charge in [-0.25, -0.2) is 4.98 Å². The summed E-state index contributed by atoms with van der Waals surface area (Å²) in [6.07, 6.45) is 1.87. The molecule has 0 bridgehead atoms. The number of fused-ring (bicyclic) bond motifs is 1. The summed E-state index contributed by atoms with van der Waals surface area (Å²) in [6.45, 7) is 6.25. The molecule has 7 heteroatoms. The number of aliphatic hydroxyl groups is 2. The maximum absolute atomic E-state index is 11.8. The predicted molar refractivity (Wildman–Crippen MR) is 85.3 cm³/mol. The Kier molecular flexibility index (Phi) is 4.03. The summed E-state index contributed by atoms with van der Waals surface area (Å²) in [4.78, 5) is 21.4. The van der Waals surface area contributed by atoms with Crippen molar-refractivity contribution in [3.63, 3.8) is 0 Å². The van der Waals surface area contributed by atoms with Gasteiger partial charge in [-0.05, 0) is 27.2 Å². The lowest BCUT2D eigenvalue weighted by Crippen LogP contribution is -2.32. The van der Waals surface area contributed by atoms with Crippen molar-refractivity contribution in [2.45, 2.75) is 50.9 Å². The second-order valence-corrected chi connectivity index (χ2v) is 7.21. The third-order valence-corrected chi connectivity index (χ3v) is 4.43. The summed E-state index contributed by atoms with van der Waals surface area (Å²) in [5, 5.41) is 20.7. The van der Waals surface area contributed by atoms with Crippen LogP contribution in [0, 0.1) is 5.92 Å². The number of aromatic nitrogens is 3. The summed E-state index contributed by atoms with van der Waals surface area (Å²) < 4.78 is 5.75. The van der Waals surface area contributed by atoms with Gasteiger partial charge >= 0.3 is 0 Å². The van der Waals surface area contributed by atoms with Crippen molar-refractivity contribution in [3.05, 3.63) is 28.4 Å². The third-order valence-electron chi connectivity index (χ3n) is 4.43. The van der Waals surface area contributed by atoms with E-state index in [4.69, 9.17) is 4.74 Å². The molecule has 0 radical (unpaired) electrons. The largest absolute Gasteiger partial charge is 0.390 e. The highest BCUT2D eigenvalue weighted by Crippen LogP contribution is 2.41. The van der Waals surface area contributed by atoms with Crippen molar-refractivity contribution in [3.8, 4) is 0 Å². The molecule has 0 amide bonds. The van der Waals surface area contributed by atoms with Gasteiger partial charge in [0.25, 0.3) is 5.56 Å². The predicted octanol–water partition coefficient (Wildman–Crippen LogP) is 0.892. The molecule has 2 aromatic rings. The minimum atomic E-state index is -0.899. The Morgan fingerprint density at radius 2 is 2.04 bits per heavy atom. The van der Waals surface area contributed by atoms with E-state index in [0.29, 0.717) is 24.1 Å². The number of rotatable bonds is 3. The first-order valence-electron chi connectivity index (χ1n) is 7.82. The van der Waals surface area contributed by atoms with Gasteiger partial charge < -0.3 is 24.9 Å². The maximum atomic E-state index is 11.8. The number of aliphatic hydroxyl groups excluding tert-OH is 2. The Labute approximate surface area is 133 Å². The zero-order chi connectivity index (χ0) is 16.8. The van der Waals surface area contributed by atoms with Gasteiger partial charge in [-0.15, -0.1) is 0 Å². The number of hydrogen-bond donors (Lipinski definition) is 4. The number of hydrogen-bond acceptors (Lipinski definition) is 5. The zero-order valence-corrected chi connectivity index (χ0v) is 13.5. The van der Waals surface area contributed by atoms with E-state index < -0.39 is 12.2 Å². The normalized spacial score (nSPS) is 28.6. The van der Waals surface area contributed by atoms with E-state index in [9.17, 15) is 15.0 Å². The summed E-state index contributed by atoms with van der Waals surface area (Å²) >= 11 is 0. The van der Waals surface area contributed by atoms with Crippen LogP contribution in [-0.2, 0) is 4.74 Å². The first kappa shape index (κ1) is 16.2. The molecule has 0 unspecified atom stereocenters. The smallest absolute Gasteiger partial charge is 0.275 e. The van der Waals surface area contributed by atoms with Crippen LogP contribution in [-0.4, -0.2) is 49.6 Å². The molecule has 4 N–H and O–H groups in total. The molecule has 0 aromatic carbocycles. The summed E-state index contributed by atoms with van der Waals surface area (Å²) in [6, 6.07) is 0. The van der Waals surface area contributed by atoms with Crippen LogP contribution in [0.1, 0.15) is 38.7 Å². The highest BCUT2D eigenvalue weighted by Gasteiger charge is 2.43. The van der Waals surface area contributed by atoms with E-state index >= 15 is 0 Å².